The topological polar surface area (TPSA) is 35.5 Å². The van der Waals surface area contributed by atoms with Gasteiger partial charge in [0, 0.05) is 12.0 Å². The summed E-state index contributed by atoms with van der Waals surface area (Å²) in [6, 6.07) is 5.27. The highest BCUT2D eigenvalue weighted by Gasteiger charge is 2.22. The summed E-state index contributed by atoms with van der Waals surface area (Å²) in [6.45, 7) is 2.98. The summed E-state index contributed by atoms with van der Waals surface area (Å²) >= 11 is 6.12. The zero-order valence-corrected chi connectivity index (χ0v) is 9.79. The van der Waals surface area contributed by atoms with Crippen LogP contribution < -0.4 is 4.74 Å². The lowest BCUT2D eigenvalue weighted by Crippen LogP contribution is -2.38. The molecule has 0 N–H and O–H groups in total. The van der Waals surface area contributed by atoms with Gasteiger partial charge in [0.25, 0.3) is 0 Å². The largest absolute Gasteiger partial charge is 0.484 e. The van der Waals surface area contributed by atoms with Crippen molar-refractivity contribution in [1.29, 1.82) is 0 Å². The molecule has 0 atom stereocenters. The molecule has 0 aliphatic carbocycles. The first-order valence-electron chi connectivity index (χ1n) is 5.28. The summed E-state index contributed by atoms with van der Waals surface area (Å²) in [4.78, 5) is 11.6. The van der Waals surface area contributed by atoms with Crippen molar-refractivity contribution < 1.29 is 14.3 Å². The van der Waals surface area contributed by atoms with E-state index in [1.165, 1.54) is 0 Å². The fourth-order valence-electron chi connectivity index (χ4n) is 1.47. The standard InChI is InChI=1S/C12H13ClO3/c1-2-10(14)9-4-3-5-11(12(9)13)16-8-6-15-7-8/h3-5,8H,2,6-7H2,1H3. The van der Waals surface area contributed by atoms with E-state index in [9.17, 15) is 4.79 Å². The van der Waals surface area contributed by atoms with Gasteiger partial charge in [0.05, 0.1) is 18.2 Å². The molecule has 3 nitrogen and oxygen atoms in total. The molecule has 0 bridgehead atoms. The average Bonchev–Trinajstić information content (AvgIpc) is 2.24. The highest BCUT2D eigenvalue weighted by atomic mass is 35.5. The molecular formula is C12H13ClO3. The first kappa shape index (κ1) is 11.4. The molecule has 0 saturated carbocycles. The summed E-state index contributed by atoms with van der Waals surface area (Å²) in [6.07, 6.45) is 0.500. The Balaban J connectivity index is 2.21. The number of Topliss-reactive ketones (excluding diaryl/α,β-unsaturated/α-hetero) is 1. The molecule has 1 saturated heterocycles. The minimum Gasteiger partial charge on any atom is -0.484 e. The maximum absolute atomic E-state index is 11.6. The summed E-state index contributed by atoms with van der Waals surface area (Å²) in [5, 5.41) is 0.404. The van der Waals surface area contributed by atoms with Gasteiger partial charge in [-0.05, 0) is 12.1 Å². The van der Waals surface area contributed by atoms with Crippen LogP contribution in [0.15, 0.2) is 18.2 Å². The second-order valence-corrected chi connectivity index (χ2v) is 4.05. The molecule has 1 aliphatic heterocycles. The number of rotatable bonds is 4. The number of benzene rings is 1. The molecule has 86 valence electrons. The van der Waals surface area contributed by atoms with Crippen molar-refractivity contribution >= 4 is 17.4 Å². The second kappa shape index (κ2) is 4.85. The van der Waals surface area contributed by atoms with E-state index in [-0.39, 0.29) is 11.9 Å². The minimum atomic E-state index is 0.0281. The second-order valence-electron chi connectivity index (χ2n) is 3.67. The third-order valence-corrected chi connectivity index (χ3v) is 2.88. The van der Waals surface area contributed by atoms with Crippen LogP contribution in [0.4, 0.5) is 0 Å². The molecule has 1 aliphatic rings. The lowest BCUT2D eigenvalue weighted by Gasteiger charge is -2.27. The van der Waals surface area contributed by atoms with Crippen LogP contribution in [0, 0.1) is 0 Å². The van der Waals surface area contributed by atoms with Crippen LogP contribution in [0.2, 0.25) is 5.02 Å². The molecule has 0 aromatic heterocycles. The number of carbonyl (C=O) groups excluding carboxylic acids is 1. The Morgan fingerprint density at radius 3 is 2.88 bits per heavy atom. The number of hydrogen-bond donors (Lipinski definition) is 0. The van der Waals surface area contributed by atoms with Crippen LogP contribution in [0.3, 0.4) is 0 Å². The number of halogens is 1. The van der Waals surface area contributed by atoms with E-state index in [1.54, 1.807) is 18.2 Å². The van der Waals surface area contributed by atoms with Crippen LogP contribution in [-0.4, -0.2) is 25.1 Å². The average molecular weight is 241 g/mol. The zero-order valence-electron chi connectivity index (χ0n) is 9.03. The van der Waals surface area contributed by atoms with Gasteiger partial charge in [0.2, 0.25) is 0 Å². The lowest BCUT2D eigenvalue weighted by atomic mass is 10.1. The van der Waals surface area contributed by atoms with E-state index in [2.05, 4.69) is 0 Å². The third-order valence-electron chi connectivity index (χ3n) is 2.49. The minimum absolute atomic E-state index is 0.0281. The van der Waals surface area contributed by atoms with Crippen LogP contribution in [0.25, 0.3) is 0 Å². The summed E-state index contributed by atoms with van der Waals surface area (Å²) < 4.78 is 10.6. The maximum Gasteiger partial charge on any atom is 0.164 e. The summed E-state index contributed by atoms with van der Waals surface area (Å²) in [5.74, 6) is 0.592. The highest BCUT2D eigenvalue weighted by Crippen LogP contribution is 2.30. The third kappa shape index (κ3) is 2.20. The molecular weight excluding hydrogens is 228 g/mol. The van der Waals surface area contributed by atoms with E-state index in [4.69, 9.17) is 21.1 Å². The van der Waals surface area contributed by atoms with E-state index in [0.29, 0.717) is 36.0 Å². The Morgan fingerprint density at radius 1 is 1.56 bits per heavy atom. The van der Waals surface area contributed by atoms with Crippen molar-refractivity contribution in [2.24, 2.45) is 0 Å². The van der Waals surface area contributed by atoms with Gasteiger partial charge in [0.15, 0.2) is 5.78 Å². The molecule has 1 aromatic carbocycles. The Bertz CT molecular complexity index is 399. The van der Waals surface area contributed by atoms with Gasteiger partial charge in [-0.1, -0.05) is 24.6 Å². The normalized spacial score (nSPS) is 15.6. The Morgan fingerprint density at radius 2 is 2.31 bits per heavy atom. The van der Waals surface area contributed by atoms with Gasteiger partial charge >= 0.3 is 0 Å². The van der Waals surface area contributed by atoms with Gasteiger partial charge < -0.3 is 9.47 Å². The lowest BCUT2D eigenvalue weighted by molar-refractivity contribution is -0.0796. The fraction of sp³-hybridized carbons (Fsp3) is 0.417. The van der Waals surface area contributed by atoms with Gasteiger partial charge in [-0.25, -0.2) is 0 Å². The molecule has 1 heterocycles. The number of ketones is 1. The molecule has 0 radical (unpaired) electrons. The smallest absolute Gasteiger partial charge is 0.164 e. The Labute approximate surface area is 99.3 Å². The van der Waals surface area contributed by atoms with Crippen molar-refractivity contribution in [3.05, 3.63) is 28.8 Å². The molecule has 0 amide bonds. The predicted octanol–water partition coefficient (Wildman–Crippen LogP) is 2.71. The Kier molecular flexibility index (Phi) is 3.46. The molecule has 0 spiro atoms. The van der Waals surface area contributed by atoms with E-state index < -0.39 is 0 Å². The molecule has 2 rings (SSSR count). The molecule has 1 fully saturated rings. The van der Waals surface area contributed by atoms with Gasteiger partial charge in [-0.2, -0.15) is 0 Å². The fourth-order valence-corrected chi connectivity index (χ4v) is 1.75. The van der Waals surface area contributed by atoms with Gasteiger partial charge in [-0.15, -0.1) is 0 Å². The van der Waals surface area contributed by atoms with Crippen molar-refractivity contribution in [2.45, 2.75) is 19.4 Å². The number of hydrogen-bond acceptors (Lipinski definition) is 3. The van der Waals surface area contributed by atoms with Crippen molar-refractivity contribution in [2.75, 3.05) is 13.2 Å². The zero-order chi connectivity index (χ0) is 11.5. The predicted molar refractivity (Wildman–Crippen MR) is 61.3 cm³/mol. The Hall–Kier alpha value is -1.06. The van der Waals surface area contributed by atoms with E-state index >= 15 is 0 Å². The SMILES string of the molecule is CCC(=O)c1cccc(OC2COC2)c1Cl. The molecule has 0 unspecified atom stereocenters. The van der Waals surface area contributed by atoms with Gasteiger partial charge in [-0.3, -0.25) is 4.79 Å². The quantitative estimate of drug-likeness (QED) is 0.759. The first-order chi connectivity index (χ1) is 7.72. The van der Waals surface area contributed by atoms with Crippen LogP contribution >= 0.6 is 11.6 Å². The van der Waals surface area contributed by atoms with Crippen molar-refractivity contribution in [3.63, 3.8) is 0 Å². The van der Waals surface area contributed by atoms with E-state index in [0.717, 1.165) is 0 Å². The van der Waals surface area contributed by atoms with Gasteiger partial charge in [0.1, 0.15) is 11.9 Å². The molecule has 4 heteroatoms. The maximum atomic E-state index is 11.6. The number of carbonyl (C=O) groups is 1. The van der Waals surface area contributed by atoms with E-state index in [1.807, 2.05) is 6.92 Å². The van der Waals surface area contributed by atoms with Crippen LogP contribution in [-0.2, 0) is 4.74 Å². The van der Waals surface area contributed by atoms with Crippen molar-refractivity contribution in [1.82, 2.24) is 0 Å². The monoisotopic (exact) mass is 240 g/mol. The molecule has 16 heavy (non-hydrogen) atoms. The number of ether oxygens (including phenoxy) is 2. The summed E-state index contributed by atoms with van der Waals surface area (Å²) in [7, 11) is 0. The molecule has 1 aromatic rings. The van der Waals surface area contributed by atoms with Crippen molar-refractivity contribution in [3.8, 4) is 5.75 Å². The first-order valence-corrected chi connectivity index (χ1v) is 5.66. The summed E-state index contributed by atoms with van der Waals surface area (Å²) in [5.41, 5.74) is 0.530. The van der Waals surface area contributed by atoms with Crippen LogP contribution in [0.1, 0.15) is 23.7 Å². The van der Waals surface area contributed by atoms with Crippen LogP contribution in [0.5, 0.6) is 5.75 Å². The highest BCUT2D eigenvalue weighted by molar-refractivity contribution is 6.35.